The van der Waals surface area contributed by atoms with Gasteiger partial charge in [-0.05, 0) is 30.5 Å². The van der Waals surface area contributed by atoms with Gasteiger partial charge in [-0.3, -0.25) is 9.69 Å². The Morgan fingerprint density at radius 1 is 1.12 bits per heavy atom. The van der Waals surface area contributed by atoms with Gasteiger partial charge in [-0.1, -0.05) is 18.2 Å². The highest BCUT2D eigenvalue weighted by atomic mass is 35.5. The predicted octanol–water partition coefficient (Wildman–Crippen LogP) is 3.49. The van der Waals surface area contributed by atoms with Crippen LogP contribution in [-0.4, -0.2) is 94.3 Å². The molecule has 1 aliphatic carbocycles. The van der Waals surface area contributed by atoms with Crippen LogP contribution in [0.3, 0.4) is 0 Å². The molecule has 0 radical (unpaired) electrons. The number of ether oxygens (including phenoxy) is 2. The fourth-order valence-electron chi connectivity index (χ4n) is 5.41. The molecule has 4 aromatic rings. The molecule has 1 N–H and O–H groups in total. The SMILES string of the molecule is C=CC(=O)N1CCN(CC2CC2c2nc3c(-c4cc(OC)cc(OC)c4Cl)cc4cnc(NC)nc4n3n2)CC1. The zero-order valence-corrected chi connectivity index (χ0v) is 23.5. The minimum atomic E-state index is -0.000112. The third-order valence-electron chi connectivity index (χ3n) is 7.75. The van der Waals surface area contributed by atoms with E-state index >= 15 is 0 Å². The van der Waals surface area contributed by atoms with Crippen molar-refractivity contribution in [3.05, 3.63) is 47.9 Å². The number of aromatic nitrogens is 5. The van der Waals surface area contributed by atoms with Crippen LogP contribution < -0.4 is 14.8 Å². The van der Waals surface area contributed by atoms with Crippen LogP contribution in [0.4, 0.5) is 5.95 Å². The van der Waals surface area contributed by atoms with Gasteiger partial charge in [0.25, 0.3) is 0 Å². The van der Waals surface area contributed by atoms with Crippen molar-refractivity contribution < 1.29 is 14.3 Å². The monoisotopic (exact) mass is 562 g/mol. The van der Waals surface area contributed by atoms with Crippen molar-refractivity contribution in [2.75, 3.05) is 59.3 Å². The average molecular weight is 563 g/mol. The molecule has 1 aromatic carbocycles. The molecule has 0 spiro atoms. The normalized spacial score (nSPS) is 19.1. The molecule has 11 nitrogen and oxygen atoms in total. The molecule has 208 valence electrons. The molecule has 6 rings (SSSR count). The molecule has 4 heterocycles. The lowest BCUT2D eigenvalue weighted by Crippen LogP contribution is -2.48. The summed E-state index contributed by atoms with van der Waals surface area (Å²) in [7, 11) is 4.96. The second kappa shape index (κ2) is 10.5. The number of carbonyl (C=O) groups is 1. The maximum Gasteiger partial charge on any atom is 0.246 e. The van der Waals surface area contributed by atoms with Gasteiger partial charge < -0.3 is 19.7 Å². The molecule has 1 amide bonds. The molecule has 0 bridgehead atoms. The van der Waals surface area contributed by atoms with Crippen LogP contribution in [0.5, 0.6) is 11.5 Å². The van der Waals surface area contributed by atoms with Gasteiger partial charge in [0.05, 0.1) is 19.2 Å². The third-order valence-corrected chi connectivity index (χ3v) is 8.14. The number of benzene rings is 1. The van der Waals surface area contributed by atoms with Crippen LogP contribution in [-0.2, 0) is 4.79 Å². The number of methoxy groups -OCH3 is 2. The van der Waals surface area contributed by atoms with Crippen molar-refractivity contribution in [3.63, 3.8) is 0 Å². The number of nitrogens with one attached hydrogen (secondary N) is 1. The van der Waals surface area contributed by atoms with Gasteiger partial charge in [0.2, 0.25) is 11.9 Å². The maximum atomic E-state index is 11.9. The largest absolute Gasteiger partial charge is 0.497 e. The first-order chi connectivity index (χ1) is 19.4. The third kappa shape index (κ3) is 4.69. The Morgan fingerprint density at radius 2 is 1.93 bits per heavy atom. The highest BCUT2D eigenvalue weighted by Gasteiger charge is 2.43. The van der Waals surface area contributed by atoms with Crippen molar-refractivity contribution in [1.29, 1.82) is 0 Å². The van der Waals surface area contributed by atoms with E-state index in [9.17, 15) is 4.79 Å². The first kappa shape index (κ1) is 26.3. The summed E-state index contributed by atoms with van der Waals surface area (Å²) in [4.78, 5) is 30.3. The molecule has 1 saturated heterocycles. The summed E-state index contributed by atoms with van der Waals surface area (Å²) in [6, 6.07) is 5.61. The summed E-state index contributed by atoms with van der Waals surface area (Å²) in [5.74, 6) is 3.11. The molecule has 2 aliphatic rings. The Kier molecular flexibility index (Phi) is 6.93. The van der Waals surface area contributed by atoms with E-state index in [1.807, 2.05) is 17.0 Å². The van der Waals surface area contributed by atoms with Gasteiger partial charge in [0.15, 0.2) is 17.1 Å². The number of hydrogen-bond acceptors (Lipinski definition) is 9. The fourth-order valence-corrected chi connectivity index (χ4v) is 5.70. The second-order valence-electron chi connectivity index (χ2n) is 10.1. The van der Waals surface area contributed by atoms with E-state index in [1.54, 1.807) is 38.0 Å². The molecule has 2 unspecified atom stereocenters. The minimum Gasteiger partial charge on any atom is -0.497 e. The van der Waals surface area contributed by atoms with E-state index in [0.717, 1.165) is 61.5 Å². The van der Waals surface area contributed by atoms with Crippen LogP contribution in [0.15, 0.2) is 37.1 Å². The zero-order chi connectivity index (χ0) is 28.0. The molecule has 2 fully saturated rings. The van der Waals surface area contributed by atoms with E-state index in [1.165, 1.54) is 6.08 Å². The van der Waals surface area contributed by atoms with Gasteiger partial charge in [0, 0.05) is 74.5 Å². The van der Waals surface area contributed by atoms with E-state index < -0.39 is 0 Å². The van der Waals surface area contributed by atoms with Crippen molar-refractivity contribution in [2.24, 2.45) is 5.92 Å². The standard InChI is InChI=1S/C28H31ClN8O3/c1-5-23(38)36-8-6-35(7-9-36)15-17-11-19(17)25-32-27-21(20-12-18(39-3)13-22(40-4)24(20)29)10-16-14-31-28(30-2)33-26(16)37(27)34-25/h5,10,12-14,17,19H,1,6-9,11,15H2,2-4H3,(H,30,31,33). The molecule has 3 aromatic heterocycles. The molecule has 1 aliphatic heterocycles. The number of halogens is 1. The average Bonchev–Trinajstić information content (AvgIpc) is 3.61. The van der Waals surface area contributed by atoms with Crippen LogP contribution in [0.25, 0.3) is 27.8 Å². The zero-order valence-electron chi connectivity index (χ0n) is 22.7. The van der Waals surface area contributed by atoms with Crippen molar-refractivity contribution in [2.45, 2.75) is 12.3 Å². The lowest BCUT2D eigenvalue weighted by atomic mass is 10.0. The Morgan fingerprint density at radius 3 is 2.62 bits per heavy atom. The number of fused-ring (bicyclic) bond motifs is 3. The summed E-state index contributed by atoms with van der Waals surface area (Å²) >= 11 is 6.81. The highest BCUT2D eigenvalue weighted by Crippen LogP contribution is 2.48. The van der Waals surface area contributed by atoms with Crippen LogP contribution in [0, 0.1) is 5.92 Å². The van der Waals surface area contributed by atoms with E-state index in [4.69, 9.17) is 31.2 Å². The molecular weight excluding hydrogens is 532 g/mol. The quantitative estimate of drug-likeness (QED) is 0.323. The number of carbonyl (C=O) groups excluding carboxylic acids is 1. The van der Waals surface area contributed by atoms with Crippen molar-refractivity contribution in [3.8, 4) is 22.6 Å². The van der Waals surface area contributed by atoms with E-state index in [-0.39, 0.29) is 11.8 Å². The first-order valence-electron chi connectivity index (χ1n) is 13.2. The van der Waals surface area contributed by atoms with Crippen LogP contribution >= 0.6 is 11.6 Å². The Labute approximate surface area is 236 Å². The number of nitrogens with zero attached hydrogens (tertiary/aromatic N) is 7. The number of pyridine rings is 1. The first-order valence-corrected chi connectivity index (χ1v) is 13.6. The second-order valence-corrected chi connectivity index (χ2v) is 10.5. The lowest BCUT2D eigenvalue weighted by Gasteiger charge is -2.34. The van der Waals surface area contributed by atoms with Crippen LogP contribution in [0.2, 0.25) is 5.02 Å². The number of amides is 1. The Bertz CT molecular complexity index is 1610. The van der Waals surface area contributed by atoms with Crippen molar-refractivity contribution in [1.82, 2.24) is 34.4 Å². The molecule has 12 heteroatoms. The highest BCUT2D eigenvalue weighted by molar-refractivity contribution is 6.35. The van der Waals surface area contributed by atoms with Gasteiger partial charge in [-0.25, -0.2) is 9.97 Å². The lowest BCUT2D eigenvalue weighted by molar-refractivity contribution is -0.127. The number of anilines is 1. The van der Waals surface area contributed by atoms with E-state index in [2.05, 4.69) is 26.8 Å². The van der Waals surface area contributed by atoms with Crippen LogP contribution in [0.1, 0.15) is 18.2 Å². The summed E-state index contributed by atoms with van der Waals surface area (Å²) in [6.45, 7) is 7.72. The molecule has 40 heavy (non-hydrogen) atoms. The molecule has 1 saturated carbocycles. The minimum absolute atomic E-state index is 0.000112. The summed E-state index contributed by atoms with van der Waals surface area (Å²) < 4.78 is 12.8. The topological polar surface area (TPSA) is 110 Å². The smallest absolute Gasteiger partial charge is 0.246 e. The Balaban J connectivity index is 1.36. The summed E-state index contributed by atoms with van der Waals surface area (Å²) in [5, 5.41) is 9.23. The summed E-state index contributed by atoms with van der Waals surface area (Å²) in [6.07, 6.45) is 4.17. The number of hydrogen-bond donors (Lipinski definition) is 1. The van der Waals surface area contributed by atoms with Gasteiger partial charge in [0.1, 0.15) is 11.5 Å². The van der Waals surface area contributed by atoms with Gasteiger partial charge in [-0.2, -0.15) is 9.50 Å². The Hall–Kier alpha value is -3.96. The number of piperazine rings is 1. The van der Waals surface area contributed by atoms with Gasteiger partial charge >= 0.3 is 0 Å². The predicted molar refractivity (Wildman–Crippen MR) is 153 cm³/mol. The molecule has 2 atom stereocenters. The fraction of sp³-hybridized carbons (Fsp3) is 0.393. The van der Waals surface area contributed by atoms with Crippen molar-refractivity contribution >= 4 is 40.1 Å². The van der Waals surface area contributed by atoms with E-state index in [0.29, 0.717) is 39.7 Å². The maximum absolute atomic E-state index is 11.9. The summed E-state index contributed by atoms with van der Waals surface area (Å²) in [5.41, 5.74) is 2.82. The number of rotatable bonds is 8. The molecular formula is C28H31ClN8O3. The van der Waals surface area contributed by atoms with Gasteiger partial charge in [-0.15, -0.1) is 5.10 Å².